The molecule has 0 bridgehead atoms. The Bertz CT molecular complexity index is 854. The number of rotatable bonds is 4. The van der Waals surface area contributed by atoms with Gasteiger partial charge in [0.2, 0.25) is 0 Å². The van der Waals surface area contributed by atoms with Crippen LogP contribution in [-0.2, 0) is 12.8 Å². The van der Waals surface area contributed by atoms with Crippen molar-refractivity contribution in [3.05, 3.63) is 45.8 Å². The fourth-order valence-electron chi connectivity index (χ4n) is 4.22. The minimum absolute atomic E-state index is 0.0772. The lowest BCUT2D eigenvalue weighted by atomic mass is 9.69. The monoisotopic (exact) mass is 400 g/mol. The van der Waals surface area contributed by atoms with Gasteiger partial charge in [0, 0.05) is 9.77 Å². The molecule has 144 valence electrons. The van der Waals surface area contributed by atoms with Crippen molar-refractivity contribution in [2.24, 2.45) is 11.3 Å². The summed E-state index contributed by atoms with van der Waals surface area (Å²) in [6.07, 6.45) is 6.44. The number of carbonyl (C=O) groups excluding carboxylic acids is 1. The third kappa shape index (κ3) is 3.40. The predicted molar refractivity (Wildman–Crippen MR) is 116 cm³/mol. The second-order valence-corrected chi connectivity index (χ2v) is 10.3. The molecule has 0 spiro atoms. The van der Waals surface area contributed by atoms with Crippen LogP contribution in [-0.4, -0.2) is 12.2 Å². The molecule has 1 aliphatic carbocycles. The first-order chi connectivity index (χ1) is 12.9. The van der Waals surface area contributed by atoms with Crippen molar-refractivity contribution in [2.75, 3.05) is 11.6 Å². The summed E-state index contributed by atoms with van der Waals surface area (Å²) in [7, 11) is 0. The van der Waals surface area contributed by atoms with Crippen LogP contribution in [0.15, 0.2) is 29.2 Å². The Morgan fingerprint density at radius 1 is 1.22 bits per heavy atom. The van der Waals surface area contributed by atoms with E-state index >= 15 is 0 Å². The van der Waals surface area contributed by atoms with Crippen LogP contribution >= 0.6 is 23.1 Å². The lowest BCUT2D eigenvalue weighted by molar-refractivity contribution is 0.0934. The van der Waals surface area contributed by atoms with E-state index in [9.17, 15) is 4.79 Å². The number of fused-ring (bicyclic) bond motifs is 3. The molecule has 0 radical (unpaired) electrons. The largest absolute Gasteiger partial charge is 0.353 e. The Kier molecular flexibility index (Phi) is 5.02. The van der Waals surface area contributed by atoms with Gasteiger partial charge >= 0.3 is 0 Å². The molecule has 2 aromatic rings. The fraction of sp³-hybridized carbons (Fsp3) is 0.500. The molecule has 0 saturated carbocycles. The Morgan fingerprint density at radius 3 is 2.63 bits per heavy atom. The highest BCUT2D eigenvalue weighted by Gasteiger charge is 2.37. The van der Waals surface area contributed by atoms with Crippen molar-refractivity contribution >= 4 is 34.0 Å². The molecule has 2 atom stereocenters. The number of thioether (sulfide) groups is 1. The van der Waals surface area contributed by atoms with Crippen LogP contribution in [0.25, 0.3) is 0 Å². The first kappa shape index (κ1) is 18.9. The number of anilines is 1. The highest BCUT2D eigenvalue weighted by molar-refractivity contribution is 7.98. The molecule has 3 nitrogen and oxygen atoms in total. The molecule has 0 fully saturated rings. The summed E-state index contributed by atoms with van der Waals surface area (Å²) < 4.78 is 0. The Labute approximate surface area is 170 Å². The average molecular weight is 401 g/mol. The maximum atomic E-state index is 12.9. The van der Waals surface area contributed by atoms with E-state index in [1.165, 1.54) is 28.2 Å². The van der Waals surface area contributed by atoms with Crippen LogP contribution in [0.1, 0.15) is 66.1 Å². The zero-order valence-electron chi connectivity index (χ0n) is 16.5. The SMILES string of the molecule is CCC(C)(C)C1CCc2c(sc3c2C(=O)NC(c2ccc(SC)cc2)N3)C1. The summed E-state index contributed by atoms with van der Waals surface area (Å²) in [5.41, 5.74) is 3.65. The van der Waals surface area contributed by atoms with Crippen molar-refractivity contribution in [2.45, 2.75) is 57.5 Å². The first-order valence-electron chi connectivity index (χ1n) is 9.79. The van der Waals surface area contributed by atoms with Crippen molar-refractivity contribution in [3.63, 3.8) is 0 Å². The van der Waals surface area contributed by atoms with E-state index < -0.39 is 0 Å². The predicted octanol–water partition coefficient (Wildman–Crippen LogP) is 5.87. The third-order valence-electron chi connectivity index (χ3n) is 6.51. The smallest absolute Gasteiger partial charge is 0.256 e. The fourth-order valence-corrected chi connectivity index (χ4v) is 5.98. The number of nitrogens with one attached hydrogen (secondary N) is 2. The van der Waals surface area contributed by atoms with Crippen LogP contribution in [0.4, 0.5) is 5.00 Å². The van der Waals surface area contributed by atoms with E-state index in [0.29, 0.717) is 11.3 Å². The Balaban J connectivity index is 1.60. The van der Waals surface area contributed by atoms with Gasteiger partial charge < -0.3 is 10.6 Å². The molecule has 27 heavy (non-hydrogen) atoms. The van der Waals surface area contributed by atoms with Gasteiger partial charge in [-0.05, 0) is 60.1 Å². The van der Waals surface area contributed by atoms with Crippen molar-refractivity contribution in [1.29, 1.82) is 0 Å². The number of hydrogen-bond acceptors (Lipinski definition) is 4. The molecular weight excluding hydrogens is 372 g/mol. The molecule has 1 amide bonds. The van der Waals surface area contributed by atoms with Gasteiger partial charge in [-0.25, -0.2) is 0 Å². The number of amides is 1. The lowest BCUT2D eigenvalue weighted by Crippen LogP contribution is -2.38. The van der Waals surface area contributed by atoms with E-state index in [2.05, 4.69) is 61.9 Å². The maximum Gasteiger partial charge on any atom is 0.256 e. The minimum atomic E-state index is -0.149. The zero-order chi connectivity index (χ0) is 19.2. The molecule has 0 saturated heterocycles. The van der Waals surface area contributed by atoms with E-state index in [-0.39, 0.29) is 12.1 Å². The summed E-state index contributed by atoms with van der Waals surface area (Å²) >= 11 is 3.53. The standard InChI is InChI=1S/C22H28N2OS2/c1-5-22(2,3)14-8-11-16-17(12-14)27-21-18(16)20(25)23-19(24-21)13-6-9-15(26-4)10-7-13/h6-7,9-10,14,19,24H,5,8,11-12H2,1-4H3,(H,23,25). The van der Waals surface area contributed by atoms with Gasteiger partial charge in [-0.15, -0.1) is 23.1 Å². The summed E-state index contributed by atoms with van der Waals surface area (Å²) in [6, 6.07) is 8.42. The maximum absolute atomic E-state index is 12.9. The Morgan fingerprint density at radius 2 is 1.96 bits per heavy atom. The molecule has 1 aromatic carbocycles. The first-order valence-corrected chi connectivity index (χ1v) is 11.8. The highest BCUT2D eigenvalue weighted by atomic mass is 32.2. The molecule has 5 heteroatoms. The minimum Gasteiger partial charge on any atom is -0.353 e. The Hall–Kier alpha value is -1.46. The van der Waals surface area contributed by atoms with Gasteiger partial charge in [-0.2, -0.15) is 0 Å². The molecule has 2 N–H and O–H groups in total. The van der Waals surface area contributed by atoms with E-state index in [4.69, 9.17) is 0 Å². The molecule has 2 heterocycles. The molecular formula is C22H28N2OS2. The highest BCUT2D eigenvalue weighted by Crippen LogP contribution is 2.46. The van der Waals surface area contributed by atoms with Crippen molar-refractivity contribution in [3.8, 4) is 0 Å². The van der Waals surface area contributed by atoms with Crippen LogP contribution in [0.5, 0.6) is 0 Å². The third-order valence-corrected chi connectivity index (χ3v) is 8.44. The molecule has 4 rings (SSSR count). The van der Waals surface area contributed by atoms with Gasteiger partial charge in [0.15, 0.2) is 0 Å². The van der Waals surface area contributed by atoms with Crippen LogP contribution in [0, 0.1) is 11.3 Å². The topological polar surface area (TPSA) is 41.1 Å². The summed E-state index contributed by atoms with van der Waals surface area (Å²) in [4.78, 5) is 15.6. The van der Waals surface area contributed by atoms with Gasteiger partial charge in [0.1, 0.15) is 11.2 Å². The second kappa shape index (κ2) is 7.17. The number of benzene rings is 1. The normalized spacial score (nSPS) is 21.9. The van der Waals surface area contributed by atoms with Crippen LogP contribution < -0.4 is 10.6 Å². The summed E-state index contributed by atoms with van der Waals surface area (Å²) in [5.74, 6) is 0.779. The van der Waals surface area contributed by atoms with Gasteiger partial charge in [0.25, 0.3) is 5.91 Å². The van der Waals surface area contributed by atoms with E-state index in [0.717, 1.165) is 29.0 Å². The second-order valence-electron chi connectivity index (χ2n) is 8.31. The number of thiophene rings is 1. The number of hydrogen-bond donors (Lipinski definition) is 2. The van der Waals surface area contributed by atoms with E-state index in [1.807, 2.05) is 0 Å². The zero-order valence-corrected chi connectivity index (χ0v) is 18.2. The average Bonchev–Trinajstić information content (AvgIpc) is 3.06. The van der Waals surface area contributed by atoms with Gasteiger partial charge in [0.05, 0.1) is 5.56 Å². The van der Waals surface area contributed by atoms with Crippen molar-refractivity contribution < 1.29 is 4.79 Å². The molecule has 1 aromatic heterocycles. The van der Waals surface area contributed by atoms with Crippen molar-refractivity contribution in [1.82, 2.24) is 5.32 Å². The molecule has 2 unspecified atom stereocenters. The van der Waals surface area contributed by atoms with Crippen LogP contribution in [0.3, 0.4) is 0 Å². The molecule has 2 aliphatic rings. The summed E-state index contributed by atoms with van der Waals surface area (Å²) in [6.45, 7) is 7.06. The summed E-state index contributed by atoms with van der Waals surface area (Å²) in [5, 5.41) is 7.80. The lowest BCUT2D eigenvalue weighted by Gasteiger charge is -2.36. The molecule has 1 aliphatic heterocycles. The quantitative estimate of drug-likeness (QED) is 0.631. The van der Waals surface area contributed by atoms with Gasteiger partial charge in [-0.1, -0.05) is 39.3 Å². The van der Waals surface area contributed by atoms with Crippen LogP contribution in [0.2, 0.25) is 0 Å². The van der Waals surface area contributed by atoms with Gasteiger partial charge in [-0.3, -0.25) is 4.79 Å². The number of carbonyl (C=O) groups is 1. The van der Waals surface area contributed by atoms with E-state index in [1.54, 1.807) is 23.1 Å².